The quantitative estimate of drug-likeness (QED) is 0.711. The third-order valence-electron chi connectivity index (χ3n) is 2.82. The maximum Gasteiger partial charge on any atom is 0.253 e. The van der Waals surface area contributed by atoms with E-state index in [1.54, 1.807) is 18.2 Å². The van der Waals surface area contributed by atoms with Crippen molar-refractivity contribution < 1.29 is 4.79 Å². The van der Waals surface area contributed by atoms with Gasteiger partial charge in [-0.05, 0) is 31.0 Å². The maximum absolute atomic E-state index is 12.2. The first-order valence-corrected chi connectivity index (χ1v) is 7.06. The summed E-state index contributed by atoms with van der Waals surface area (Å²) in [6, 6.07) is 5.26. The number of rotatable bonds is 1. The minimum absolute atomic E-state index is 0.0248. The molecule has 0 spiro atoms. The average molecular weight is 337 g/mol. The first-order chi connectivity index (χ1) is 8.06. The van der Waals surface area contributed by atoms with Gasteiger partial charge in [0.25, 0.3) is 5.91 Å². The van der Waals surface area contributed by atoms with Crippen LogP contribution in [0.4, 0.5) is 0 Å². The molecule has 0 saturated carbocycles. The van der Waals surface area contributed by atoms with Gasteiger partial charge in [0.15, 0.2) is 0 Å². The highest BCUT2D eigenvalue weighted by Crippen LogP contribution is 2.22. The third-order valence-corrected chi connectivity index (χ3v) is 3.93. The summed E-state index contributed by atoms with van der Waals surface area (Å²) in [5, 5.41) is 0.764. The van der Waals surface area contributed by atoms with Crippen molar-refractivity contribution in [3.05, 3.63) is 33.3 Å². The molecule has 0 radical (unpaired) electrons. The van der Waals surface area contributed by atoms with Gasteiger partial charge in [-0.3, -0.25) is 4.79 Å². The summed E-state index contributed by atoms with van der Waals surface area (Å²) in [6.45, 7) is 1.44. The predicted molar refractivity (Wildman–Crippen MR) is 73.9 cm³/mol. The molecule has 0 aliphatic carbocycles. The van der Waals surface area contributed by atoms with Crippen molar-refractivity contribution >= 4 is 45.0 Å². The number of carbonyl (C=O) groups is 1. The lowest BCUT2D eigenvalue weighted by atomic mass is 10.1. The number of hydrogen-bond acceptors (Lipinski definition) is 1. The van der Waals surface area contributed by atoms with Crippen LogP contribution in [0.2, 0.25) is 5.02 Å². The van der Waals surface area contributed by atoms with Crippen molar-refractivity contribution in [1.82, 2.24) is 4.90 Å². The van der Waals surface area contributed by atoms with E-state index in [-0.39, 0.29) is 11.3 Å². The second-order valence-corrected chi connectivity index (χ2v) is 6.09. The lowest BCUT2D eigenvalue weighted by molar-refractivity contribution is 0.0726. The summed E-state index contributed by atoms with van der Waals surface area (Å²) < 4.78 is 0.820. The number of alkyl halides is 1. The fourth-order valence-corrected chi connectivity index (χ4v) is 2.97. The summed E-state index contributed by atoms with van der Waals surface area (Å²) in [5.74, 6) is 0.0248. The van der Waals surface area contributed by atoms with Crippen LogP contribution < -0.4 is 0 Å². The molecule has 1 aromatic rings. The fourth-order valence-electron chi connectivity index (χ4n) is 1.91. The molecule has 0 N–H and O–H groups in total. The van der Waals surface area contributed by atoms with Crippen LogP contribution in [0.5, 0.6) is 0 Å². The van der Waals surface area contributed by atoms with Gasteiger partial charge in [-0.15, -0.1) is 11.6 Å². The number of likely N-dealkylation sites (tertiary alicyclic amines) is 1. The second kappa shape index (κ2) is 5.59. The van der Waals surface area contributed by atoms with Crippen molar-refractivity contribution in [3.63, 3.8) is 0 Å². The van der Waals surface area contributed by atoms with E-state index in [2.05, 4.69) is 15.9 Å². The van der Waals surface area contributed by atoms with Crippen molar-refractivity contribution in [2.24, 2.45) is 0 Å². The zero-order valence-corrected chi connectivity index (χ0v) is 12.2. The first-order valence-electron chi connectivity index (χ1n) is 5.45. The lowest BCUT2D eigenvalue weighted by Crippen LogP contribution is -2.38. The first kappa shape index (κ1) is 13.2. The molecule has 0 bridgehead atoms. The van der Waals surface area contributed by atoms with E-state index in [4.69, 9.17) is 23.2 Å². The van der Waals surface area contributed by atoms with Gasteiger partial charge in [-0.25, -0.2) is 0 Å². The van der Waals surface area contributed by atoms with E-state index in [1.807, 2.05) is 4.90 Å². The molecule has 1 amide bonds. The van der Waals surface area contributed by atoms with Crippen LogP contribution in [-0.4, -0.2) is 29.3 Å². The highest BCUT2D eigenvalue weighted by Gasteiger charge is 2.22. The second-order valence-electron chi connectivity index (χ2n) is 4.12. The zero-order chi connectivity index (χ0) is 12.4. The Labute approximate surface area is 119 Å². The molecular formula is C12H12BrCl2NO. The molecule has 0 aromatic heterocycles. The van der Waals surface area contributed by atoms with Gasteiger partial charge in [0.1, 0.15) is 0 Å². The Morgan fingerprint density at radius 1 is 1.29 bits per heavy atom. The molecule has 92 valence electrons. The molecule has 0 atom stereocenters. The topological polar surface area (TPSA) is 20.3 Å². The molecular weight excluding hydrogens is 325 g/mol. The monoisotopic (exact) mass is 335 g/mol. The van der Waals surface area contributed by atoms with Gasteiger partial charge in [0.2, 0.25) is 0 Å². The largest absolute Gasteiger partial charge is 0.339 e. The summed E-state index contributed by atoms with van der Waals surface area (Å²) >= 11 is 15.3. The van der Waals surface area contributed by atoms with Gasteiger partial charge in [-0.1, -0.05) is 27.5 Å². The Kier molecular flexibility index (Phi) is 4.34. The number of amides is 1. The molecule has 2 rings (SSSR count). The van der Waals surface area contributed by atoms with Gasteiger partial charge in [0.05, 0.1) is 0 Å². The SMILES string of the molecule is O=C(c1cc(Cl)cc(Br)c1)N1CCC(Cl)CC1. The van der Waals surface area contributed by atoms with Crippen molar-refractivity contribution in [1.29, 1.82) is 0 Å². The molecule has 1 aliphatic heterocycles. The Balaban J connectivity index is 2.14. The molecule has 2 nitrogen and oxygen atoms in total. The van der Waals surface area contributed by atoms with Crippen LogP contribution in [0.25, 0.3) is 0 Å². The molecule has 0 unspecified atom stereocenters. The standard InChI is InChI=1S/C12H12BrCl2NO/c13-9-5-8(6-11(15)7-9)12(17)16-3-1-10(14)2-4-16/h5-7,10H,1-4H2. The third kappa shape index (κ3) is 3.36. The van der Waals surface area contributed by atoms with Gasteiger partial charge in [-0.2, -0.15) is 0 Å². The normalized spacial score (nSPS) is 17.2. The van der Waals surface area contributed by atoms with E-state index < -0.39 is 0 Å². The number of carbonyl (C=O) groups excluding carboxylic acids is 1. The average Bonchev–Trinajstić information content (AvgIpc) is 2.28. The highest BCUT2D eigenvalue weighted by atomic mass is 79.9. The smallest absolute Gasteiger partial charge is 0.253 e. The summed E-state index contributed by atoms with van der Waals surface area (Å²) in [6.07, 6.45) is 1.71. The highest BCUT2D eigenvalue weighted by molar-refractivity contribution is 9.10. The molecule has 1 fully saturated rings. The number of piperidine rings is 1. The van der Waals surface area contributed by atoms with Crippen LogP contribution in [0, 0.1) is 0 Å². The van der Waals surface area contributed by atoms with Crippen molar-refractivity contribution in [2.45, 2.75) is 18.2 Å². The molecule has 17 heavy (non-hydrogen) atoms. The Hall–Kier alpha value is -0.250. The minimum Gasteiger partial charge on any atom is -0.339 e. The van der Waals surface area contributed by atoms with Crippen LogP contribution in [-0.2, 0) is 0 Å². The number of benzene rings is 1. The van der Waals surface area contributed by atoms with E-state index in [0.717, 1.165) is 30.4 Å². The molecule has 1 aliphatic rings. The molecule has 1 saturated heterocycles. The van der Waals surface area contributed by atoms with Gasteiger partial charge >= 0.3 is 0 Å². The number of halogens is 3. The maximum atomic E-state index is 12.2. The fraction of sp³-hybridized carbons (Fsp3) is 0.417. The molecule has 5 heteroatoms. The van der Waals surface area contributed by atoms with Crippen LogP contribution in [0.15, 0.2) is 22.7 Å². The minimum atomic E-state index is 0.0248. The summed E-state index contributed by atoms with van der Waals surface area (Å²) in [4.78, 5) is 14.0. The van der Waals surface area contributed by atoms with Gasteiger partial charge < -0.3 is 4.90 Å². The molecule has 1 aromatic carbocycles. The Bertz CT molecular complexity index is 410. The Morgan fingerprint density at radius 2 is 1.94 bits per heavy atom. The lowest BCUT2D eigenvalue weighted by Gasteiger charge is -2.29. The van der Waals surface area contributed by atoms with E-state index >= 15 is 0 Å². The van der Waals surface area contributed by atoms with E-state index in [1.165, 1.54) is 0 Å². The van der Waals surface area contributed by atoms with E-state index in [0.29, 0.717) is 10.6 Å². The molecule has 1 heterocycles. The van der Waals surface area contributed by atoms with Gasteiger partial charge in [0, 0.05) is 33.5 Å². The number of hydrogen-bond donors (Lipinski definition) is 0. The predicted octanol–water partition coefficient (Wildman–Crippen LogP) is 3.95. The van der Waals surface area contributed by atoms with Crippen LogP contribution >= 0.6 is 39.1 Å². The van der Waals surface area contributed by atoms with E-state index in [9.17, 15) is 4.79 Å². The number of nitrogens with zero attached hydrogens (tertiary/aromatic N) is 1. The van der Waals surface area contributed by atoms with Crippen LogP contribution in [0.1, 0.15) is 23.2 Å². The zero-order valence-electron chi connectivity index (χ0n) is 9.13. The Morgan fingerprint density at radius 3 is 2.53 bits per heavy atom. The van der Waals surface area contributed by atoms with Crippen molar-refractivity contribution in [2.75, 3.05) is 13.1 Å². The van der Waals surface area contributed by atoms with Crippen molar-refractivity contribution in [3.8, 4) is 0 Å². The van der Waals surface area contributed by atoms with Crippen LogP contribution in [0.3, 0.4) is 0 Å². The summed E-state index contributed by atoms with van der Waals surface area (Å²) in [5.41, 5.74) is 0.623. The summed E-state index contributed by atoms with van der Waals surface area (Å²) in [7, 11) is 0.